The quantitative estimate of drug-likeness (QED) is 0.663. The van der Waals surface area contributed by atoms with E-state index in [0.29, 0.717) is 0 Å². The molecule has 2 aromatic rings. The average Bonchev–Trinajstić information content (AvgIpc) is 2.68. The Balaban J connectivity index is 2.07. The molecule has 0 aliphatic carbocycles. The number of nitrogens with zero attached hydrogens (tertiary/aromatic N) is 1. The van der Waals surface area contributed by atoms with Gasteiger partial charge in [0.25, 0.3) is 0 Å². The van der Waals surface area contributed by atoms with Crippen LogP contribution < -0.4 is 5.32 Å². The van der Waals surface area contributed by atoms with Gasteiger partial charge in [0.1, 0.15) is 11.9 Å². The summed E-state index contributed by atoms with van der Waals surface area (Å²) >= 11 is 1.53. The van der Waals surface area contributed by atoms with Crippen LogP contribution in [0.5, 0.6) is 0 Å². The van der Waals surface area contributed by atoms with Gasteiger partial charge in [-0.1, -0.05) is 36.4 Å². The van der Waals surface area contributed by atoms with Gasteiger partial charge in [-0.2, -0.15) is 0 Å². The van der Waals surface area contributed by atoms with Crippen molar-refractivity contribution in [1.82, 2.24) is 10.2 Å². The minimum Gasteiger partial charge on any atom is -0.352 e. The van der Waals surface area contributed by atoms with Crippen molar-refractivity contribution in [3.05, 3.63) is 71.0 Å². The van der Waals surface area contributed by atoms with Crippen molar-refractivity contribution in [2.24, 2.45) is 0 Å². The van der Waals surface area contributed by atoms with E-state index in [-0.39, 0.29) is 36.0 Å². The van der Waals surface area contributed by atoms with E-state index in [1.165, 1.54) is 35.0 Å². The minimum absolute atomic E-state index is 0.0110. The van der Waals surface area contributed by atoms with E-state index >= 15 is 0 Å². The number of thioether (sulfide) groups is 1. The summed E-state index contributed by atoms with van der Waals surface area (Å²) < 4.78 is 13.2. The van der Waals surface area contributed by atoms with Crippen molar-refractivity contribution in [2.75, 3.05) is 5.75 Å². The molecule has 1 atom stereocenters. The molecule has 0 aromatic heterocycles. The first-order valence-electron chi connectivity index (χ1n) is 9.74. The Kier molecular flexibility index (Phi) is 8.70. The number of hydrogen-bond donors (Lipinski definition) is 1. The Morgan fingerprint density at radius 2 is 1.72 bits per heavy atom. The predicted molar refractivity (Wildman–Crippen MR) is 117 cm³/mol. The van der Waals surface area contributed by atoms with E-state index in [1.54, 1.807) is 24.0 Å². The second-order valence-electron chi connectivity index (χ2n) is 7.41. The summed E-state index contributed by atoms with van der Waals surface area (Å²) in [4.78, 5) is 27.0. The molecule has 0 heterocycles. The molecule has 1 N–H and O–H groups in total. The van der Waals surface area contributed by atoms with Crippen LogP contribution in [0.2, 0.25) is 0 Å². The van der Waals surface area contributed by atoms with Gasteiger partial charge < -0.3 is 10.2 Å². The Bertz CT molecular complexity index is 824. The second-order valence-corrected chi connectivity index (χ2v) is 8.39. The molecule has 2 rings (SSSR count). The standard InChI is InChI=1S/C23H29FN2O2S/c1-16(2)25-23(28)18(4)26(13-19-9-11-21(24)12-10-19)22(27)15-29-14-20-8-6-5-7-17(20)3/h5-12,16,18H,13-15H2,1-4H3,(H,25,28)/t18-/m1/s1. The van der Waals surface area contributed by atoms with E-state index in [4.69, 9.17) is 0 Å². The molecule has 0 aliphatic rings. The summed E-state index contributed by atoms with van der Waals surface area (Å²) in [6.45, 7) is 7.81. The number of nitrogens with one attached hydrogen (secondary N) is 1. The Labute approximate surface area is 176 Å². The van der Waals surface area contributed by atoms with Crippen LogP contribution in [0, 0.1) is 12.7 Å². The van der Waals surface area contributed by atoms with Crippen LogP contribution in [-0.4, -0.2) is 34.6 Å². The largest absolute Gasteiger partial charge is 0.352 e. The Morgan fingerprint density at radius 3 is 2.34 bits per heavy atom. The zero-order chi connectivity index (χ0) is 21.4. The van der Waals surface area contributed by atoms with Crippen LogP contribution >= 0.6 is 11.8 Å². The van der Waals surface area contributed by atoms with Gasteiger partial charge in [0, 0.05) is 18.3 Å². The molecule has 0 saturated carbocycles. The number of rotatable bonds is 9. The van der Waals surface area contributed by atoms with Gasteiger partial charge in [0.05, 0.1) is 5.75 Å². The summed E-state index contributed by atoms with van der Waals surface area (Å²) in [6, 6.07) is 13.5. The maximum atomic E-state index is 13.2. The maximum Gasteiger partial charge on any atom is 0.242 e. The molecule has 2 aromatic carbocycles. The van der Waals surface area contributed by atoms with Crippen molar-refractivity contribution < 1.29 is 14.0 Å². The predicted octanol–water partition coefficient (Wildman–Crippen LogP) is 4.31. The minimum atomic E-state index is -0.617. The molecular weight excluding hydrogens is 387 g/mol. The van der Waals surface area contributed by atoms with E-state index in [2.05, 4.69) is 24.4 Å². The smallest absolute Gasteiger partial charge is 0.242 e. The van der Waals surface area contributed by atoms with Gasteiger partial charge in [-0.15, -0.1) is 11.8 Å². The lowest BCUT2D eigenvalue weighted by Gasteiger charge is -2.29. The number of amides is 2. The first-order chi connectivity index (χ1) is 13.8. The summed E-state index contributed by atoms with van der Waals surface area (Å²) in [5.41, 5.74) is 3.18. The fourth-order valence-corrected chi connectivity index (χ4v) is 3.86. The molecule has 0 saturated heterocycles. The second kappa shape index (κ2) is 11.0. The molecular formula is C23H29FN2O2S. The summed E-state index contributed by atoms with van der Waals surface area (Å²) in [7, 11) is 0. The van der Waals surface area contributed by atoms with Crippen LogP contribution in [0.3, 0.4) is 0 Å². The van der Waals surface area contributed by atoms with Gasteiger partial charge in [-0.05, 0) is 56.5 Å². The molecule has 6 heteroatoms. The maximum absolute atomic E-state index is 13.2. The highest BCUT2D eigenvalue weighted by Crippen LogP contribution is 2.18. The third-order valence-corrected chi connectivity index (χ3v) is 5.57. The van der Waals surface area contributed by atoms with Crippen molar-refractivity contribution in [2.45, 2.75) is 52.1 Å². The number of carbonyl (C=O) groups excluding carboxylic acids is 2. The van der Waals surface area contributed by atoms with Gasteiger partial charge in [0.15, 0.2) is 0 Å². The number of benzene rings is 2. The molecule has 0 fully saturated rings. The van der Waals surface area contributed by atoms with E-state index < -0.39 is 6.04 Å². The summed E-state index contributed by atoms with van der Waals surface area (Å²) in [5, 5.41) is 2.86. The zero-order valence-corrected chi connectivity index (χ0v) is 18.3. The fraction of sp³-hybridized carbons (Fsp3) is 0.391. The highest BCUT2D eigenvalue weighted by atomic mass is 32.2. The Morgan fingerprint density at radius 1 is 1.07 bits per heavy atom. The van der Waals surface area contributed by atoms with Crippen molar-refractivity contribution in [3.8, 4) is 0 Å². The monoisotopic (exact) mass is 416 g/mol. The van der Waals surface area contributed by atoms with Gasteiger partial charge in [-0.25, -0.2) is 4.39 Å². The van der Waals surface area contributed by atoms with Gasteiger partial charge in [0.2, 0.25) is 11.8 Å². The highest BCUT2D eigenvalue weighted by Gasteiger charge is 2.26. The van der Waals surface area contributed by atoms with Gasteiger partial charge >= 0.3 is 0 Å². The third-order valence-electron chi connectivity index (χ3n) is 4.61. The molecule has 0 radical (unpaired) electrons. The lowest BCUT2D eigenvalue weighted by Crippen LogP contribution is -2.49. The lowest BCUT2D eigenvalue weighted by molar-refractivity contribution is -0.138. The summed E-state index contributed by atoms with van der Waals surface area (Å²) in [6.07, 6.45) is 0. The number of halogens is 1. The number of carbonyl (C=O) groups is 2. The Hall–Kier alpha value is -2.34. The van der Waals surface area contributed by atoms with E-state index in [0.717, 1.165) is 11.3 Å². The molecule has 0 bridgehead atoms. The molecule has 4 nitrogen and oxygen atoms in total. The van der Waals surface area contributed by atoms with Crippen molar-refractivity contribution >= 4 is 23.6 Å². The normalized spacial score (nSPS) is 11.9. The lowest BCUT2D eigenvalue weighted by atomic mass is 10.1. The first-order valence-corrected chi connectivity index (χ1v) is 10.9. The third kappa shape index (κ3) is 7.20. The molecule has 156 valence electrons. The molecule has 2 amide bonds. The molecule has 0 aliphatic heterocycles. The van der Waals surface area contributed by atoms with Crippen molar-refractivity contribution in [1.29, 1.82) is 0 Å². The molecule has 0 spiro atoms. The SMILES string of the molecule is Cc1ccccc1CSCC(=O)N(Cc1ccc(F)cc1)[C@H](C)C(=O)NC(C)C. The number of aryl methyl sites for hydroxylation is 1. The van der Waals surface area contributed by atoms with Crippen LogP contribution in [0.4, 0.5) is 4.39 Å². The van der Waals surface area contributed by atoms with Gasteiger partial charge in [-0.3, -0.25) is 9.59 Å². The van der Waals surface area contributed by atoms with E-state index in [9.17, 15) is 14.0 Å². The van der Waals surface area contributed by atoms with Crippen LogP contribution in [-0.2, 0) is 21.9 Å². The van der Waals surface area contributed by atoms with Crippen LogP contribution in [0.15, 0.2) is 48.5 Å². The summed E-state index contributed by atoms with van der Waals surface area (Å²) in [5.74, 6) is 0.370. The fourth-order valence-electron chi connectivity index (χ4n) is 2.88. The molecule has 0 unspecified atom stereocenters. The first kappa shape index (κ1) is 22.9. The van der Waals surface area contributed by atoms with Crippen molar-refractivity contribution in [3.63, 3.8) is 0 Å². The molecule has 29 heavy (non-hydrogen) atoms. The van der Waals surface area contributed by atoms with Crippen LogP contribution in [0.25, 0.3) is 0 Å². The van der Waals surface area contributed by atoms with Crippen LogP contribution in [0.1, 0.15) is 37.5 Å². The highest BCUT2D eigenvalue weighted by molar-refractivity contribution is 7.99. The zero-order valence-electron chi connectivity index (χ0n) is 17.4. The number of hydrogen-bond acceptors (Lipinski definition) is 3. The van der Waals surface area contributed by atoms with E-state index in [1.807, 2.05) is 26.0 Å². The topological polar surface area (TPSA) is 49.4 Å². The average molecular weight is 417 g/mol.